The molecular formula is C24H23NO5. The van der Waals surface area contributed by atoms with E-state index in [1.54, 1.807) is 6.07 Å². The molecule has 6 nitrogen and oxygen atoms in total. The number of aryl methyl sites for hydroxylation is 3. The first-order valence-electron chi connectivity index (χ1n) is 9.71. The second-order valence-corrected chi connectivity index (χ2v) is 7.48. The number of aromatic nitrogens is 1. The molecule has 0 fully saturated rings. The fourth-order valence-corrected chi connectivity index (χ4v) is 3.71. The highest BCUT2D eigenvalue weighted by Crippen LogP contribution is 2.35. The van der Waals surface area contributed by atoms with Gasteiger partial charge in [-0.2, -0.15) is 0 Å². The third-order valence-corrected chi connectivity index (χ3v) is 5.29. The summed E-state index contributed by atoms with van der Waals surface area (Å²) in [5.41, 5.74) is 5.34. The Hall–Kier alpha value is -3.54. The molecule has 0 atom stereocenters. The number of benzene rings is 2. The summed E-state index contributed by atoms with van der Waals surface area (Å²) >= 11 is 0. The molecule has 4 rings (SSSR count). The summed E-state index contributed by atoms with van der Waals surface area (Å²) in [5, 5.41) is 0. The van der Waals surface area contributed by atoms with E-state index in [1.165, 1.54) is 0 Å². The van der Waals surface area contributed by atoms with Gasteiger partial charge in [-0.25, -0.2) is 4.79 Å². The Morgan fingerprint density at radius 3 is 2.50 bits per heavy atom. The van der Waals surface area contributed by atoms with Crippen molar-refractivity contribution in [2.75, 3.05) is 13.4 Å². The number of carbonyl (C=O) groups excluding carboxylic acids is 2. The maximum atomic E-state index is 12.8. The van der Waals surface area contributed by atoms with Gasteiger partial charge in [-0.15, -0.1) is 0 Å². The topological polar surface area (TPSA) is 66.8 Å². The van der Waals surface area contributed by atoms with Gasteiger partial charge in [0.2, 0.25) is 12.6 Å². The molecule has 2 heterocycles. The van der Waals surface area contributed by atoms with Crippen molar-refractivity contribution < 1.29 is 23.8 Å². The summed E-state index contributed by atoms with van der Waals surface area (Å²) < 4.78 is 18.1. The number of rotatable bonds is 5. The lowest BCUT2D eigenvalue weighted by atomic mass is 10.1. The van der Waals surface area contributed by atoms with Crippen molar-refractivity contribution >= 4 is 11.8 Å². The molecule has 0 saturated carbocycles. The maximum Gasteiger partial charge on any atom is 0.338 e. The number of hydrogen-bond donors (Lipinski definition) is 0. The molecule has 0 amide bonds. The SMILES string of the molecule is Cc1ccc(C)c(C(=O)OCC(=O)c2cc(C)n(-c3ccc4c(c3)OCO4)c2C)c1. The zero-order chi connectivity index (χ0) is 21.4. The minimum atomic E-state index is -0.492. The van der Waals surface area contributed by atoms with Crippen LogP contribution in [0.5, 0.6) is 11.5 Å². The van der Waals surface area contributed by atoms with Crippen molar-refractivity contribution in [1.29, 1.82) is 0 Å². The van der Waals surface area contributed by atoms with Gasteiger partial charge in [0.25, 0.3) is 0 Å². The number of hydrogen-bond acceptors (Lipinski definition) is 5. The van der Waals surface area contributed by atoms with Crippen LogP contribution in [-0.4, -0.2) is 29.7 Å². The van der Waals surface area contributed by atoms with Crippen LogP contribution in [0.25, 0.3) is 5.69 Å². The first-order valence-corrected chi connectivity index (χ1v) is 9.71. The van der Waals surface area contributed by atoms with Gasteiger partial charge in [0.05, 0.1) is 5.56 Å². The van der Waals surface area contributed by atoms with Gasteiger partial charge in [0.15, 0.2) is 18.1 Å². The number of Topliss-reactive ketones (excluding diaryl/α,β-unsaturated/α-hetero) is 1. The van der Waals surface area contributed by atoms with E-state index in [9.17, 15) is 9.59 Å². The quantitative estimate of drug-likeness (QED) is 0.463. The van der Waals surface area contributed by atoms with E-state index in [0.29, 0.717) is 22.6 Å². The summed E-state index contributed by atoms with van der Waals surface area (Å²) in [6.07, 6.45) is 0. The van der Waals surface area contributed by atoms with E-state index < -0.39 is 5.97 Å². The summed E-state index contributed by atoms with van der Waals surface area (Å²) in [5.74, 6) is 0.647. The maximum absolute atomic E-state index is 12.8. The van der Waals surface area contributed by atoms with Gasteiger partial charge in [-0.1, -0.05) is 17.7 Å². The van der Waals surface area contributed by atoms with E-state index in [2.05, 4.69) is 0 Å². The first kappa shape index (κ1) is 19.8. The second-order valence-electron chi connectivity index (χ2n) is 7.48. The van der Waals surface area contributed by atoms with Crippen molar-refractivity contribution in [3.63, 3.8) is 0 Å². The Morgan fingerprint density at radius 1 is 0.933 bits per heavy atom. The fourth-order valence-electron chi connectivity index (χ4n) is 3.71. The Balaban J connectivity index is 1.53. The van der Waals surface area contributed by atoms with Crippen LogP contribution >= 0.6 is 0 Å². The third kappa shape index (κ3) is 3.56. The number of nitrogens with zero attached hydrogens (tertiary/aromatic N) is 1. The number of esters is 1. The van der Waals surface area contributed by atoms with Crippen LogP contribution < -0.4 is 9.47 Å². The van der Waals surface area contributed by atoms with Crippen molar-refractivity contribution in [1.82, 2.24) is 4.57 Å². The Morgan fingerprint density at radius 2 is 1.70 bits per heavy atom. The molecular weight excluding hydrogens is 382 g/mol. The van der Waals surface area contributed by atoms with E-state index in [1.807, 2.05) is 68.7 Å². The average molecular weight is 405 g/mol. The number of carbonyl (C=O) groups is 2. The highest BCUT2D eigenvalue weighted by molar-refractivity contribution is 6.00. The highest BCUT2D eigenvalue weighted by atomic mass is 16.7. The molecule has 6 heteroatoms. The summed E-state index contributed by atoms with van der Waals surface area (Å²) in [4.78, 5) is 25.2. The van der Waals surface area contributed by atoms with E-state index in [4.69, 9.17) is 14.2 Å². The van der Waals surface area contributed by atoms with Crippen LogP contribution in [0.2, 0.25) is 0 Å². The molecule has 1 aliphatic rings. The van der Waals surface area contributed by atoms with Gasteiger partial charge in [0.1, 0.15) is 0 Å². The van der Waals surface area contributed by atoms with Crippen molar-refractivity contribution in [2.24, 2.45) is 0 Å². The van der Waals surface area contributed by atoms with Crippen LogP contribution in [-0.2, 0) is 4.74 Å². The first-order chi connectivity index (χ1) is 14.3. The lowest BCUT2D eigenvalue weighted by Crippen LogP contribution is -2.16. The predicted octanol–water partition coefficient (Wildman–Crippen LogP) is 4.48. The second kappa shape index (κ2) is 7.71. The van der Waals surface area contributed by atoms with Gasteiger partial charge in [0, 0.05) is 28.7 Å². The fraction of sp³-hybridized carbons (Fsp3) is 0.250. The minimum absolute atomic E-state index is 0.206. The van der Waals surface area contributed by atoms with Gasteiger partial charge in [-0.05, 0) is 57.5 Å². The third-order valence-electron chi connectivity index (χ3n) is 5.29. The molecule has 3 aromatic rings. The van der Waals surface area contributed by atoms with E-state index in [0.717, 1.165) is 28.2 Å². The lowest BCUT2D eigenvalue weighted by molar-refractivity contribution is 0.0473. The average Bonchev–Trinajstić information content (AvgIpc) is 3.30. The molecule has 0 saturated heterocycles. The molecule has 30 heavy (non-hydrogen) atoms. The van der Waals surface area contributed by atoms with Gasteiger partial charge >= 0.3 is 5.97 Å². The number of fused-ring (bicyclic) bond motifs is 1. The van der Waals surface area contributed by atoms with Crippen LogP contribution in [0.1, 0.15) is 43.2 Å². The van der Waals surface area contributed by atoms with E-state index >= 15 is 0 Å². The molecule has 0 bridgehead atoms. The van der Waals surface area contributed by atoms with Crippen molar-refractivity contribution in [2.45, 2.75) is 27.7 Å². The Kier molecular flexibility index (Phi) is 5.08. The highest BCUT2D eigenvalue weighted by Gasteiger charge is 2.21. The summed E-state index contributed by atoms with van der Waals surface area (Å²) in [6.45, 7) is 7.45. The molecule has 154 valence electrons. The zero-order valence-corrected chi connectivity index (χ0v) is 17.4. The zero-order valence-electron chi connectivity index (χ0n) is 17.4. The molecule has 0 aliphatic carbocycles. The van der Waals surface area contributed by atoms with E-state index in [-0.39, 0.29) is 19.2 Å². The van der Waals surface area contributed by atoms with Crippen LogP contribution in [0.3, 0.4) is 0 Å². The van der Waals surface area contributed by atoms with Crippen LogP contribution in [0.4, 0.5) is 0 Å². The standard InChI is InChI=1S/C24H23NO5/c1-14-5-6-15(2)19(9-14)24(27)28-12-21(26)20-10-16(3)25(17(20)4)18-7-8-22-23(11-18)30-13-29-22/h5-11H,12-13H2,1-4H3. The molecule has 0 unspecified atom stereocenters. The molecule has 0 N–H and O–H groups in total. The lowest BCUT2D eigenvalue weighted by Gasteiger charge is -2.11. The Labute approximate surface area is 175 Å². The van der Waals surface area contributed by atoms with Crippen molar-refractivity contribution in [3.05, 3.63) is 76.1 Å². The predicted molar refractivity (Wildman–Crippen MR) is 112 cm³/mol. The molecule has 0 spiro atoms. The molecule has 1 aliphatic heterocycles. The summed E-state index contributed by atoms with van der Waals surface area (Å²) in [7, 11) is 0. The van der Waals surface area contributed by atoms with Crippen LogP contribution in [0.15, 0.2) is 42.5 Å². The summed E-state index contributed by atoms with van der Waals surface area (Å²) in [6, 6.07) is 13.0. The molecule has 0 radical (unpaired) electrons. The monoisotopic (exact) mass is 405 g/mol. The van der Waals surface area contributed by atoms with Crippen molar-refractivity contribution in [3.8, 4) is 17.2 Å². The van der Waals surface area contributed by atoms with Crippen LogP contribution in [0, 0.1) is 27.7 Å². The minimum Gasteiger partial charge on any atom is -0.454 e. The smallest absolute Gasteiger partial charge is 0.338 e. The normalized spacial score (nSPS) is 12.1. The number of ether oxygens (including phenoxy) is 3. The molecule has 2 aromatic carbocycles. The Bertz CT molecular complexity index is 1160. The number of ketones is 1. The van der Waals surface area contributed by atoms with Gasteiger partial charge < -0.3 is 18.8 Å². The molecule has 1 aromatic heterocycles. The van der Waals surface area contributed by atoms with Gasteiger partial charge in [-0.3, -0.25) is 4.79 Å². The largest absolute Gasteiger partial charge is 0.454 e.